The average Bonchev–Trinajstić information content (AvgIpc) is 3.89. The van der Waals surface area contributed by atoms with Gasteiger partial charge >= 0.3 is 0 Å². The van der Waals surface area contributed by atoms with Crippen LogP contribution in [-0.2, 0) is 0 Å². The third-order valence-electron chi connectivity index (χ3n) is 12.9. The maximum absolute atomic E-state index is 6.75. The van der Waals surface area contributed by atoms with E-state index in [9.17, 15) is 0 Å². The Morgan fingerprint density at radius 3 is 1.13 bits per heavy atom. The van der Waals surface area contributed by atoms with E-state index >= 15 is 0 Å². The van der Waals surface area contributed by atoms with E-state index in [1.807, 2.05) is 12.1 Å². The zero-order valence-corrected chi connectivity index (χ0v) is 32.2. The Morgan fingerprint density at radius 1 is 0.283 bits per heavy atom. The van der Waals surface area contributed by atoms with E-state index in [0.717, 1.165) is 99.6 Å². The lowest BCUT2D eigenvalue weighted by Gasteiger charge is -2.30. The van der Waals surface area contributed by atoms with Gasteiger partial charge in [-0.2, -0.15) is 0 Å². The third-order valence-corrected chi connectivity index (χ3v) is 12.9. The van der Waals surface area contributed by atoms with Crippen LogP contribution in [0.3, 0.4) is 0 Å². The largest absolute Gasteiger partial charge is 0.455 e. The molecule has 0 spiro atoms. The van der Waals surface area contributed by atoms with Crippen LogP contribution in [0.15, 0.2) is 203 Å². The van der Waals surface area contributed by atoms with Crippen molar-refractivity contribution in [3.8, 4) is 44.8 Å². The molecule has 2 aromatic heterocycles. The molecule has 0 N–H and O–H groups in total. The maximum Gasteiger partial charge on any atom is 0.143 e. The fourth-order valence-electron chi connectivity index (χ4n) is 10.4. The van der Waals surface area contributed by atoms with E-state index in [1.165, 1.54) is 32.7 Å². The summed E-state index contributed by atoms with van der Waals surface area (Å²) >= 11 is 0. The van der Waals surface area contributed by atoms with Gasteiger partial charge in [-0.05, 0) is 82.6 Å². The second kappa shape index (κ2) is 11.8. The van der Waals surface area contributed by atoms with Gasteiger partial charge in [-0.15, -0.1) is 0 Å². The Morgan fingerprint density at radius 2 is 0.667 bits per heavy atom. The number of nitrogens with zero attached hydrogens (tertiary/aromatic N) is 2. The normalized spacial score (nSPS) is 12.3. The van der Waals surface area contributed by atoms with Gasteiger partial charge in [0.05, 0.1) is 22.1 Å². The quantitative estimate of drug-likeness (QED) is 0.132. The molecular weight excluding hydrogens is 733 g/mol. The van der Waals surface area contributed by atoms with E-state index in [0.29, 0.717) is 0 Å². The number of hydrogen-bond acceptors (Lipinski definition) is 2. The molecule has 4 nitrogen and oxygen atoms in total. The lowest BCUT2D eigenvalue weighted by Crippen LogP contribution is -2.11. The highest BCUT2D eigenvalue weighted by molar-refractivity contribution is 6.31. The van der Waals surface area contributed by atoms with Gasteiger partial charge in [0.15, 0.2) is 0 Å². The highest BCUT2D eigenvalue weighted by Crippen LogP contribution is 2.54. The van der Waals surface area contributed by atoms with Gasteiger partial charge in [0.25, 0.3) is 0 Å². The lowest BCUT2D eigenvalue weighted by atomic mass is 9.82. The van der Waals surface area contributed by atoms with Crippen molar-refractivity contribution >= 4 is 87.5 Å². The van der Waals surface area contributed by atoms with Crippen LogP contribution >= 0.6 is 0 Å². The van der Waals surface area contributed by atoms with Gasteiger partial charge in [-0.1, -0.05) is 133 Å². The Hall–Kier alpha value is -8.08. The van der Waals surface area contributed by atoms with Gasteiger partial charge in [0.2, 0.25) is 0 Å². The molecule has 0 saturated carbocycles. The van der Waals surface area contributed by atoms with Crippen LogP contribution in [0.5, 0.6) is 0 Å². The molecule has 0 radical (unpaired) electrons. The fraction of sp³-hybridized carbons (Fsp3) is 0. The molecule has 2 aliphatic heterocycles. The number of benzene rings is 10. The Labute approximate surface area is 343 Å². The van der Waals surface area contributed by atoms with Crippen LogP contribution < -0.4 is 0 Å². The molecule has 0 saturated heterocycles. The van der Waals surface area contributed by atoms with E-state index in [-0.39, 0.29) is 0 Å². The standard InChI is InChI=1S/C56H32N2O2/c1-3-15-33(16-4-1)57-45-27-13-21-37-44(42-26-12-24-40-36-20-8-10-30-50(36)60-56(40)42)32-48-54(51(37)45)53-47(57)31-43(41-25-11-23-39-35-19-7-9-29-49(35)59-55(39)41)38-22-14-28-46(52(38)53)58(48)34-17-5-2-6-18-34/h1-32H. The Balaban J connectivity index is 1.23. The molecular formula is C56H32N2O2. The van der Waals surface area contributed by atoms with Gasteiger partial charge in [0.1, 0.15) is 22.3 Å². The second-order valence-corrected chi connectivity index (χ2v) is 15.9. The van der Waals surface area contributed by atoms with Crippen LogP contribution in [0.2, 0.25) is 0 Å². The minimum Gasteiger partial charge on any atom is -0.455 e. The molecule has 0 atom stereocenters. The highest BCUT2D eigenvalue weighted by atomic mass is 16.3. The summed E-state index contributed by atoms with van der Waals surface area (Å²) in [5, 5.41) is 9.29. The Bertz CT molecular complexity index is 3730. The number of aromatic nitrogens is 2. The molecule has 0 unspecified atom stereocenters. The van der Waals surface area contributed by atoms with Crippen molar-refractivity contribution in [2.24, 2.45) is 0 Å². The highest BCUT2D eigenvalue weighted by Gasteiger charge is 2.30. The maximum atomic E-state index is 6.75. The SMILES string of the molecule is c1ccc(-n2c3cc(-c4cccc5c4oc4ccccc45)c4cccc5c4c3-c3c4c(cccc42)c(-c2cccc4c2oc2ccccc24)cc3n5-c2ccccc2)cc1. The summed E-state index contributed by atoms with van der Waals surface area (Å²) < 4.78 is 18.5. The first kappa shape index (κ1) is 31.9. The van der Waals surface area contributed by atoms with Gasteiger partial charge < -0.3 is 18.0 Å². The minimum atomic E-state index is 0.893. The molecule has 4 heteroatoms. The van der Waals surface area contributed by atoms with Crippen molar-refractivity contribution in [1.82, 2.24) is 9.13 Å². The van der Waals surface area contributed by atoms with Crippen LogP contribution in [0.4, 0.5) is 0 Å². The zero-order valence-electron chi connectivity index (χ0n) is 32.2. The number of hydrogen-bond donors (Lipinski definition) is 0. The Kier molecular flexibility index (Phi) is 6.26. The summed E-state index contributed by atoms with van der Waals surface area (Å²) in [5.74, 6) is 0. The number of pyridine rings is 2. The lowest BCUT2D eigenvalue weighted by molar-refractivity contribution is 0.669. The van der Waals surface area contributed by atoms with Crippen molar-refractivity contribution in [2.75, 3.05) is 0 Å². The van der Waals surface area contributed by atoms with Crippen molar-refractivity contribution in [3.05, 3.63) is 194 Å². The van der Waals surface area contributed by atoms with Crippen LogP contribution in [0, 0.1) is 0 Å². The average molecular weight is 765 g/mol. The summed E-state index contributed by atoms with van der Waals surface area (Å²) in [5.41, 5.74) is 17.3. The molecule has 0 aliphatic carbocycles. The predicted octanol–water partition coefficient (Wildman–Crippen LogP) is 15.6. The second-order valence-electron chi connectivity index (χ2n) is 15.9. The zero-order chi connectivity index (χ0) is 39.1. The van der Waals surface area contributed by atoms with Crippen molar-refractivity contribution in [3.63, 3.8) is 0 Å². The van der Waals surface area contributed by atoms with Crippen molar-refractivity contribution < 1.29 is 8.83 Å². The number of rotatable bonds is 4. The summed E-state index contributed by atoms with van der Waals surface area (Å²) in [6, 6.07) is 70.0. The monoisotopic (exact) mass is 764 g/mol. The van der Waals surface area contributed by atoms with Gasteiger partial charge in [-0.25, -0.2) is 0 Å². The van der Waals surface area contributed by atoms with Crippen LogP contribution in [0.25, 0.3) is 132 Å². The fourth-order valence-corrected chi connectivity index (χ4v) is 10.4. The molecule has 12 aromatic rings. The first-order valence-corrected chi connectivity index (χ1v) is 20.5. The van der Waals surface area contributed by atoms with Crippen molar-refractivity contribution in [1.29, 1.82) is 0 Å². The molecule has 0 bridgehead atoms. The van der Waals surface area contributed by atoms with Gasteiger partial charge in [0, 0.05) is 65.9 Å². The number of para-hydroxylation sites is 6. The van der Waals surface area contributed by atoms with E-state index in [2.05, 4.69) is 191 Å². The smallest absolute Gasteiger partial charge is 0.143 e. The molecule has 14 rings (SSSR count). The molecule has 60 heavy (non-hydrogen) atoms. The third kappa shape index (κ3) is 4.14. The summed E-state index contributed by atoms with van der Waals surface area (Å²) in [4.78, 5) is 0. The van der Waals surface area contributed by atoms with Crippen LogP contribution in [0.1, 0.15) is 0 Å². The first-order valence-electron chi connectivity index (χ1n) is 20.5. The molecule has 2 aliphatic rings. The van der Waals surface area contributed by atoms with Crippen molar-refractivity contribution in [2.45, 2.75) is 0 Å². The van der Waals surface area contributed by atoms with E-state index in [4.69, 9.17) is 8.83 Å². The van der Waals surface area contributed by atoms with E-state index < -0.39 is 0 Å². The summed E-state index contributed by atoms with van der Waals surface area (Å²) in [6.07, 6.45) is 0. The molecule has 278 valence electrons. The summed E-state index contributed by atoms with van der Waals surface area (Å²) in [6.45, 7) is 0. The number of furan rings is 2. The molecule has 0 fully saturated rings. The predicted molar refractivity (Wildman–Crippen MR) is 248 cm³/mol. The van der Waals surface area contributed by atoms with E-state index in [1.54, 1.807) is 0 Å². The molecule has 0 amide bonds. The molecule has 10 aromatic carbocycles. The first-order chi connectivity index (χ1) is 29.8. The topological polar surface area (TPSA) is 36.1 Å². The minimum absolute atomic E-state index is 0.893. The summed E-state index contributed by atoms with van der Waals surface area (Å²) in [7, 11) is 0. The van der Waals surface area contributed by atoms with Gasteiger partial charge in [-0.3, -0.25) is 0 Å². The number of fused-ring (bicyclic) bond motifs is 6. The molecule has 4 heterocycles. The van der Waals surface area contributed by atoms with Crippen LogP contribution in [-0.4, -0.2) is 9.13 Å².